The summed E-state index contributed by atoms with van der Waals surface area (Å²) in [5, 5.41) is 0. The van der Waals surface area contributed by atoms with Gasteiger partial charge in [0.15, 0.2) is 0 Å². The molecule has 1 amide bonds. The average Bonchev–Trinajstić information content (AvgIpc) is 2.98. The summed E-state index contributed by atoms with van der Waals surface area (Å²) in [6.07, 6.45) is -0.919. The number of carbonyl (C=O) groups excluding carboxylic acids is 2. The summed E-state index contributed by atoms with van der Waals surface area (Å²) in [6, 6.07) is 7.82. The van der Waals surface area contributed by atoms with Crippen molar-refractivity contribution in [3.63, 3.8) is 0 Å². The largest absolute Gasteiger partial charge is 0.488 e. The van der Waals surface area contributed by atoms with Crippen LogP contribution in [0.15, 0.2) is 24.3 Å². The lowest BCUT2D eigenvalue weighted by Crippen LogP contribution is -2.36. The Morgan fingerprint density at radius 1 is 1.22 bits per heavy atom. The Morgan fingerprint density at radius 3 is 2.52 bits per heavy atom. The molecule has 1 saturated heterocycles. The SMILES string of the molecule is CCOC(=O)C1CN(C(=O)OC(C)(C)C)CC1Oc1cccc(C(C)C)c1. The van der Waals surface area contributed by atoms with E-state index in [1.54, 1.807) is 6.92 Å². The van der Waals surface area contributed by atoms with Crippen LogP contribution in [-0.2, 0) is 14.3 Å². The number of esters is 1. The normalized spacial score (nSPS) is 19.9. The van der Waals surface area contributed by atoms with Crippen molar-refractivity contribution >= 4 is 12.1 Å². The molecule has 2 atom stereocenters. The summed E-state index contributed by atoms with van der Waals surface area (Å²) in [5.74, 6) is 0.163. The summed E-state index contributed by atoms with van der Waals surface area (Å²) >= 11 is 0. The zero-order valence-electron chi connectivity index (χ0n) is 17.2. The molecule has 1 aliphatic rings. The molecule has 0 aliphatic carbocycles. The summed E-state index contributed by atoms with van der Waals surface area (Å²) in [4.78, 5) is 26.3. The highest BCUT2D eigenvalue weighted by atomic mass is 16.6. The van der Waals surface area contributed by atoms with E-state index in [2.05, 4.69) is 13.8 Å². The van der Waals surface area contributed by atoms with E-state index in [-0.39, 0.29) is 25.7 Å². The predicted octanol–water partition coefficient (Wildman–Crippen LogP) is 3.99. The molecule has 1 aromatic rings. The Balaban J connectivity index is 2.16. The van der Waals surface area contributed by atoms with Crippen LogP contribution in [0.3, 0.4) is 0 Å². The van der Waals surface area contributed by atoms with Crippen molar-refractivity contribution in [2.45, 2.75) is 59.2 Å². The lowest BCUT2D eigenvalue weighted by molar-refractivity contribution is -0.149. The van der Waals surface area contributed by atoms with Crippen molar-refractivity contribution in [3.05, 3.63) is 29.8 Å². The zero-order valence-corrected chi connectivity index (χ0v) is 17.2. The number of hydrogen-bond acceptors (Lipinski definition) is 5. The quantitative estimate of drug-likeness (QED) is 0.726. The van der Waals surface area contributed by atoms with Crippen LogP contribution in [0.1, 0.15) is 53.0 Å². The Kier molecular flexibility index (Phi) is 6.73. The molecule has 2 unspecified atom stereocenters. The van der Waals surface area contributed by atoms with Crippen molar-refractivity contribution < 1.29 is 23.8 Å². The summed E-state index contributed by atoms with van der Waals surface area (Å²) in [6.45, 7) is 12.2. The molecule has 6 heteroatoms. The second-order valence-corrected chi connectivity index (χ2v) is 8.13. The molecule has 27 heavy (non-hydrogen) atoms. The summed E-state index contributed by atoms with van der Waals surface area (Å²) in [7, 11) is 0. The van der Waals surface area contributed by atoms with E-state index >= 15 is 0 Å². The topological polar surface area (TPSA) is 65.1 Å². The number of rotatable bonds is 5. The summed E-state index contributed by atoms with van der Waals surface area (Å²) in [5.41, 5.74) is 0.559. The molecule has 1 heterocycles. The van der Waals surface area contributed by atoms with E-state index in [1.165, 1.54) is 4.90 Å². The van der Waals surface area contributed by atoms with Gasteiger partial charge in [-0.3, -0.25) is 4.79 Å². The molecule has 6 nitrogen and oxygen atoms in total. The third kappa shape index (κ3) is 5.88. The van der Waals surface area contributed by atoms with Gasteiger partial charge in [0.2, 0.25) is 0 Å². The van der Waals surface area contributed by atoms with Gasteiger partial charge in [0.05, 0.1) is 13.2 Å². The molecule has 0 aromatic heterocycles. The van der Waals surface area contributed by atoms with Gasteiger partial charge in [0, 0.05) is 6.54 Å². The van der Waals surface area contributed by atoms with Crippen molar-refractivity contribution in [1.29, 1.82) is 0 Å². The molecule has 0 saturated carbocycles. The molecule has 0 spiro atoms. The van der Waals surface area contributed by atoms with Crippen LogP contribution < -0.4 is 4.74 Å². The van der Waals surface area contributed by atoms with E-state index < -0.39 is 23.7 Å². The molecular weight excluding hydrogens is 346 g/mol. The minimum absolute atomic E-state index is 0.224. The Morgan fingerprint density at radius 2 is 1.93 bits per heavy atom. The molecule has 150 valence electrons. The molecule has 1 aliphatic heterocycles. The molecule has 0 radical (unpaired) electrons. The minimum Gasteiger partial charge on any atom is -0.488 e. The number of ether oxygens (including phenoxy) is 3. The van der Waals surface area contributed by atoms with Crippen molar-refractivity contribution in [2.24, 2.45) is 5.92 Å². The first kappa shape index (κ1) is 21.1. The maximum atomic E-state index is 12.4. The summed E-state index contributed by atoms with van der Waals surface area (Å²) < 4.78 is 16.7. The molecule has 0 N–H and O–H groups in total. The lowest BCUT2D eigenvalue weighted by atomic mass is 10.0. The van der Waals surface area contributed by atoms with E-state index in [9.17, 15) is 9.59 Å². The maximum absolute atomic E-state index is 12.4. The van der Waals surface area contributed by atoms with Crippen molar-refractivity contribution in [2.75, 3.05) is 19.7 Å². The lowest BCUT2D eigenvalue weighted by Gasteiger charge is -2.24. The van der Waals surface area contributed by atoms with Gasteiger partial charge < -0.3 is 19.1 Å². The monoisotopic (exact) mass is 377 g/mol. The number of likely N-dealkylation sites (tertiary alicyclic amines) is 1. The number of amides is 1. The van der Waals surface area contributed by atoms with Gasteiger partial charge in [-0.2, -0.15) is 0 Å². The molecule has 2 rings (SSSR count). The molecule has 1 fully saturated rings. The third-order valence-corrected chi connectivity index (χ3v) is 4.32. The fourth-order valence-corrected chi connectivity index (χ4v) is 2.97. The predicted molar refractivity (Wildman–Crippen MR) is 103 cm³/mol. The highest BCUT2D eigenvalue weighted by Crippen LogP contribution is 2.27. The number of benzene rings is 1. The van der Waals surface area contributed by atoms with Gasteiger partial charge in [0.1, 0.15) is 23.4 Å². The Bertz CT molecular complexity index is 665. The van der Waals surface area contributed by atoms with Crippen LogP contribution in [0.4, 0.5) is 4.79 Å². The maximum Gasteiger partial charge on any atom is 0.410 e. The van der Waals surface area contributed by atoms with Crippen LogP contribution in [0, 0.1) is 5.92 Å². The van der Waals surface area contributed by atoms with E-state index in [0.29, 0.717) is 11.7 Å². The van der Waals surface area contributed by atoms with Crippen molar-refractivity contribution in [3.8, 4) is 5.75 Å². The number of hydrogen-bond donors (Lipinski definition) is 0. The highest BCUT2D eigenvalue weighted by Gasteiger charge is 2.43. The van der Waals surface area contributed by atoms with Crippen LogP contribution in [-0.4, -0.2) is 48.4 Å². The highest BCUT2D eigenvalue weighted by molar-refractivity contribution is 5.76. The van der Waals surface area contributed by atoms with E-state index in [4.69, 9.17) is 14.2 Å². The molecule has 1 aromatic carbocycles. The van der Waals surface area contributed by atoms with Gasteiger partial charge in [-0.05, 0) is 51.3 Å². The van der Waals surface area contributed by atoms with E-state index in [0.717, 1.165) is 5.56 Å². The molecule has 0 bridgehead atoms. The van der Waals surface area contributed by atoms with Crippen LogP contribution >= 0.6 is 0 Å². The van der Waals surface area contributed by atoms with Crippen LogP contribution in [0.2, 0.25) is 0 Å². The third-order valence-electron chi connectivity index (χ3n) is 4.32. The average molecular weight is 377 g/mol. The first-order chi connectivity index (χ1) is 12.6. The smallest absolute Gasteiger partial charge is 0.410 e. The van der Waals surface area contributed by atoms with Crippen molar-refractivity contribution in [1.82, 2.24) is 4.90 Å². The Hall–Kier alpha value is -2.24. The zero-order chi connectivity index (χ0) is 20.2. The van der Waals surface area contributed by atoms with Gasteiger partial charge in [-0.15, -0.1) is 0 Å². The van der Waals surface area contributed by atoms with Crippen LogP contribution in [0.25, 0.3) is 0 Å². The fraction of sp³-hybridized carbons (Fsp3) is 0.619. The first-order valence-electron chi connectivity index (χ1n) is 9.52. The van der Waals surface area contributed by atoms with Crippen LogP contribution in [0.5, 0.6) is 5.75 Å². The Labute approximate surface area is 161 Å². The van der Waals surface area contributed by atoms with E-state index in [1.807, 2.05) is 45.0 Å². The van der Waals surface area contributed by atoms with Gasteiger partial charge in [-0.1, -0.05) is 26.0 Å². The van der Waals surface area contributed by atoms with Gasteiger partial charge >= 0.3 is 12.1 Å². The second-order valence-electron chi connectivity index (χ2n) is 8.13. The first-order valence-corrected chi connectivity index (χ1v) is 9.52. The molecular formula is C21H31NO5. The standard InChI is InChI=1S/C21H31NO5/c1-7-25-19(23)17-12-22(20(24)27-21(4,5)6)13-18(17)26-16-10-8-9-15(11-16)14(2)3/h8-11,14,17-18H,7,12-13H2,1-6H3. The minimum atomic E-state index is -0.596. The second kappa shape index (κ2) is 8.63. The number of carbonyl (C=O) groups is 2. The fourth-order valence-electron chi connectivity index (χ4n) is 2.97. The van der Waals surface area contributed by atoms with Gasteiger partial charge in [0.25, 0.3) is 0 Å². The number of nitrogens with zero attached hydrogens (tertiary/aromatic N) is 1. The van der Waals surface area contributed by atoms with Gasteiger partial charge in [-0.25, -0.2) is 4.79 Å².